The van der Waals surface area contributed by atoms with Gasteiger partial charge in [-0.25, -0.2) is 0 Å². The highest BCUT2D eigenvalue weighted by atomic mass is 32.2. The van der Waals surface area contributed by atoms with E-state index in [1.165, 1.54) is 16.2 Å². The third kappa shape index (κ3) is 5.04. The van der Waals surface area contributed by atoms with Crippen LogP contribution in [0.4, 0.5) is 0 Å². The number of nitrogens with zero attached hydrogens (tertiary/aromatic N) is 1. The minimum absolute atomic E-state index is 0.0387. The van der Waals surface area contributed by atoms with Crippen LogP contribution in [0.15, 0.2) is 46.9 Å². The molecule has 2 heterocycles. The van der Waals surface area contributed by atoms with Crippen LogP contribution in [-0.4, -0.2) is 23.2 Å². The highest BCUT2D eigenvalue weighted by Crippen LogP contribution is 2.17. The second-order valence-electron chi connectivity index (χ2n) is 3.97. The van der Waals surface area contributed by atoms with Gasteiger partial charge in [0.1, 0.15) is 0 Å². The number of thioether (sulfide) groups is 1. The van der Waals surface area contributed by atoms with E-state index in [1.807, 2.05) is 53.8 Å². The Hall–Kier alpha value is -1.33. The van der Waals surface area contributed by atoms with Crippen molar-refractivity contribution < 1.29 is 4.79 Å². The van der Waals surface area contributed by atoms with E-state index in [1.54, 1.807) is 0 Å². The third-order valence-electron chi connectivity index (χ3n) is 2.52. The monoisotopic (exact) mass is 292 g/mol. The largest absolute Gasteiger partial charge is 0.351 e. The summed E-state index contributed by atoms with van der Waals surface area (Å²) in [5.74, 6) is 1.11. The van der Waals surface area contributed by atoms with E-state index >= 15 is 0 Å². The number of thiophene rings is 1. The van der Waals surface area contributed by atoms with Gasteiger partial charge in [0.05, 0.1) is 4.88 Å². The first-order valence-electron chi connectivity index (χ1n) is 6.21. The molecule has 0 radical (unpaired) electrons. The lowest BCUT2D eigenvalue weighted by atomic mass is 10.3. The first kappa shape index (κ1) is 14.1. The summed E-state index contributed by atoms with van der Waals surface area (Å²) in [6.07, 6.45) is 5.72. The molecule has 0 unspecified atom stereocenters. The maximum Gasteiger partial charge on any atom is 0.261 e. The fourth-order valence-corrected chi connectivity index (χ4v) is 3.09. The average molecular weight is 292 g/mol. The number of carbonyl (C=O) groups is 1. The minimum Gasteiger partial charge on any atom is -0.351 e. The number of unbranched alkanes of at least 4 members (excludes halogenated alkanes) is 1. The number of amides is 1. The van der Waals surface area contributed by atoms with Crippen LogP contribution < -0.4 is 5.32 Å². The Balaban J connectivity index is 1.54. The van der Waals surface area contributed by atoms with Crippen molar-refractivity contribution in [1.29, 1.82) is 0 Å². The van der Waals surface area contributed by atoms with Crippen LogP contribution in [-0.2, 0) is 0 Å². The molecule has 1 amide bonds. The van der Waals surface area contributed by atoms with Gasteiger partial charge in [0, 0.05) is 23.8 Å². The van der Waals surface area contributed by atoms with Gasteiger partial charge in [0.25, 0.3) is 5.91 Å². The molecule has 100 valence electrons. The maximum atomic E-state index is 11.6. The molecule has 0 aromatic carbocycles. The lowest BCUT2D eigenvalue weighted by Crippen LogP contribution is -2.23. The van der Waals surface area contributed by atoms with Crippen molar-refractivity contribution in [1.82, 2.24) is 10.3 Å². The normalized spacial score (nSPS) is 10.3. The molecule has 0 saturated carbocycles. The molecule has 5 heteroatoms. The van der Waals surface area contributed by atoms with Crippen molar-refractivity contribution in [2.24, 2.45) is 0 Å². The number of nitrogens with one attached hydrogen (secondary N) is 1. The Bertz CT molecular complexity index is 485. The van der Waals surface area contributed by atoms with Crippen molar-refractivity contribution >= 4 is 29.0 Å². The van der Waals surface area contributed by atoms with E-state index in [9.17, 15) is 4.79 Å². The van der Waals surface area contributed by atoms with Crippen LogP contribution in [0.2, 0.25) is 0 Å². The van der Waals surface area contributed by atoms with Crippen LogP contribution in [0.3, 0.4) is 0 Å². The molecule has 0 aliphatic carbocycles. The first-order chi connectivity index (χ1) is 9.36. The minimum atomic E-state index is 0.0387. The zero-order valence-electron chi connectivity index (χ0n) is 10.5. The number of rotatable bonds is 7. The van der Waals surface area contributed by atoms with Crippen molar-refractivity contribution in [3.8, 4) is 0 Å². The predicted octanol–water partition coefficient (Wildman–Crippen LogP) is 3.45. The van der Waals surface area contributed by atoms with Gasteiger partial charge in [-0.2, -0.15) is 0 Å². The molecule has 0 atom stereocenters. The summed E-state index contributed by atoms with van der Waals surface area (Å²) < 4.78 is 0. The first-order valence-corrected chi connectivity index (χ1v) is 8.07. The summed E-state index contributed by atoms with van der Waals surface area (Å²) in [7, 11) is 0. The molecule has 1 N–H and O–H groups in total. The van der Waals surface area contributed by atoms with Gasteiger partial charge in [-0.05, 0) is 42.2 Å². The summed E-state index contributed by atoms with van der Waals surface area (Å²) in [5, 5.41) is 4.85. The highest BCUT2D eigenvalue weighted by molar-refractivity contribution is 7.99. The molecular formula is C14H16N2OS2. The quantitative estimate of drug-likeness (QED) is 0.628. The van der Waals surface area contributed by atoms with Crippen LogP contribution in [0, 0.1) is 0 Å². The summed E-state index contributed by atoms with van der Waals surface area (Å²) >= 11 is 3.30. The van der Waals surface area contributed by atoms with Gasteiger partial charge in [-0.3, -0.25) is 9.78 Å². The molecular weight excluding hydrogens is 276 g/mol. The van der Waals surface area contributed by atoms with Crippen molar-refractivity contribution in [2.75, 3.05) is 12.3 Å². The second kappa shape index (κ2) is 7.96. The van der Waals surface area contributed by atoms with Gasteiger partial charge in [0.2, 0.25) is 0 Å². The van der Waals surface area contributed by atoms with Gasteiger partial charge in [0.15, 0.2) is 0 Å². The Morgan fingerprint density at radius 3 is 2.84 bits per heavy atom. The number of hydrogen-bond donors (Lipinski definition) is 1. The lowest BCUT2D eigenvalue weighted by Gasteiger charge is -2.03. The second-order valence-corrected chi connectivity index (χ2v) is 6.09. The molecule has 0 aliphatic heterocycles. The maximum absolute atomic E-state index is 11.6. The zero-order chi connectivity index (χ0) is 13.3. The molecule has 2 aromatic heterocycles. The Labute approximate surface area is 121 Å². The van der Waals surface area contributed by atoms with E-state index in [0.29, 0.717) is 0 Å². The lowest BCUT2D eigenvalue weighted by molar-refractivity contribution is 0.0957. The standard InChI is InChI=1S/C14H16N2OS2/c17-14(13-4-3-11-19-13)16-7-1-2-10-18-12-5-8-15-9-6-12/h3-6,8-9,11H,1-2,7,10H2,(H,16,17). The zero-order valence-corrected chi connectivity index (χ0v) is 12.2. The summed E-state index contributed by atoms with van der Waals surface area (Å²) in [6.45, 7) is 0.744. The summed E-state index contributed by atoms with van der Waals surface area (Å²) in [6, 6.07) is 7.77. The topological polar surface area (TPSA) is 42.0 Å². The third-order valence-corrected chi connectivity index (χ3v) is 4.49. The van der Waals surface area contributed by atoms with Crippen molar-refractivity contribution in [3.63, 3.8) is 0 Å². The van der Waals surface area contributed by atoms with E-state index in [-0.39, 0.29) is 5.91 Å². The van der Waals surface area contributed by atoms with E-state index in [4.69, 9.17) is 0 Å². The SMILES string of the molecule is O=C(NCCCCSc1ccncc1)c1cccs1. The molecule has 3 nitrogen and oxygen atoms in total. The van der Waals surface area contributed by atoms with Gasteiger partial charge in [-0.1, -0.05) is 6.07 Å². The predicted molar refractivity (Wildman–Crippen MR) is 80.8 cm³/mol. The van der Waals surface area contributed by atoms with Crippen LogP contribution in [0.5, 0.6) is 0 Å². The number of carbonyl (C=O) groups excluding carboxylic acids is 1. The fourth-order valence-electron chi connectivity index (χ4n) is 1.55. The van der Waals surface area contributed by atoms with Crippen molar-refractivity contribution in [3.05, 3.63) is 46.9 Å². The van der Waals surface area contributed by atoms with Crippen molar-refractivity contribution in [2.45, 2.75) is 17.7 Å². The summed E-state index contributed by atoms with van der Waals surface area (Å²) in [5.41, 5.74) is 0. The van der Waals surface area contributed by atoms with Crippen LogP contribution in [0.1, 0.15) is 22.5 Å². The molecule has 19 heavy (non-hydrogen) atoms. The molecule has 0 aliphatic rings. The van der Waals surface area contributed by atoms with Crippen LogP contribution >= 0.6 is 23.1 Å². The molecule has 0 fully saturated rings. The number of pyridine rings is 1. The Kier molecular flexibility index (Phi) is 5.91. The van der Waals surface area contributed by atoms with E-state index in [2.05, 4.69) is 10.3 Å². The van der Waals surface area contributed by atoms with E-state index in [0.717, 1.165) is 30.0 Å². The molecule has 0 bridgehead atoms. The molecule has 0 spiro atoms. The number of hydrogen-bond acceptors (Lipinski definition) is 4. The Morgan fingerprint density at radius 2 is 2.11 bits per heavy atom. The molecule has 0 saturated heterocycles. The van der Waals surface area contributed by atoms with Gasteiger partial charge in [-0.15, -0.1) is 23.1 Å². The summed E-state index contributed by atoms with van der Waals surface area (Å²) in [4.78, 5) is 17.7. The average Bonchev–Trinajstić information content (AvgIpc) is 2.98. The molecule has 2 aromatic rings. The van der Waals surface area contributed by atoms with Crippen LogP contribution in [0.25, 0.3) is 0 Å². The fraction of sp³-hybridized carbons (Fsp3) is 0.286. The number of aromatic nitrogens is 1. The van der Waals surface area contributed by atoms with E-state index < -0.39 is 0 Å². The Morgan fingerprint density at radius 1 is 1.26 bits per heavy atom. The van der Waals surface area contributed by atoms with Gasteiger partial charge >= 0.3 is 0 Å². The highest BCUT2D eigenvalue weighted by Gasteiger charge is 2.04. The molecule has 2 rings (SSSR count). The van der Waals surface area contributed by atoms with Gasteiger partial charge < -0.3 is 5.32 Å². The smallest absolute Gasteiger partial charge is 0.261 e.